The largest absolute Gasteiger partial charge is 0.396 e. The second kappa shape index (κ2) is 6.09. The van der Waals surface area contributed by atoms with E-state index in [1.54, 1.807) is 0 Å². The van der Waals surface area contributed by atoms with E-state index in [1.807, 2.05) is 11.8 Å². The SMILES string of the molecule is CC(C)(CCO)CNC1CCSc2ccccc21. The fourth-order valence-corrected chi connectivity index (χ4v) is 3.47. The molecule has 0 radical (unpaired) electrons. The molecule has 1 heterocycles. The first-order chi connectivity index (χ1) is 8.62. The number of aliphatic hydroxyl groups is 1. The predicted octanol–water partition coefficient (Wildman–Crippen LogP) is 3.22. The highest BCUT2D eigenvalue weighted by Crippen LogP contribution is 2.36. The van der Waals surface area contributed by atoms with Crippen LogP contribution in [0.25, 0.3) is 0 Å². The van der Waals surface area contributed by atoms with Crippen molar-refractivity contribution in [2.24, 2.45) is 5.41 Å². The van der Waals surface area contributed by atoms with E-state index in [0.29, 0.717) is 6.04 Å². The molecule has 2 N–H and O–H groups in total. The first-order valence-corrected chi connectivity index (χ1v) is 7.67. The number of thioether (sulfide) groups is 1. The molecular weight excluding hydrogens is 242 g/mol. The van der Waals surface area contributed by atoms with E-state index < -0.39 is 0 Å². The van der Waals surface area contributed by atoms with Gasteiger partial charge in [0.05, 0.1) is 0 Å². The van der Waals surface area contributed by atoms with Gasteiger partial charge >= 0.3 is 0 Å². The molecule has 3 heteroatoms. The molecule has 0 aromatic heterocycles. The molecule has 0 fully saturated rings. The fraction of sp³-hybridized carbons (Fsp3) is 0.600. The Hall–Kier alpha value is -0.510. The van der Waals surface area contributed by atoms with Gasteiger partial charge in [-0.3, -0.25) is 0 Å². The molecule has 1 aromatic rings. The Morgan fingerprint density at radius 3 is 2.94 bits per heavy atom. The van der Waals surface area contributed by atoms with Crippen LogP contribution in [0.2, 0.25) is 0 Å². The summed E-state index contributed by atoms with van der Waals surface area (Å²) in [4.78, 5) is 1.42. The number of hydrogen-bond donors (Lipinski definition) is 2. The smallest absolute Gasteiger partial charge is 0.0436 e. The Bertz CT molecular complexity index is 392. The first-order valence-electron chi connectivity index (χ1n) is 6.68. The Labute approximate surface area is 114 Å². The van der Waals surface area contributed by atoms with Crippen molar-refractivity contribution in [1.82, 2.24) is 5.32 Å². The standard InChI is InChI=1S/C15H23NOS/c1-15(2,8-9-17)11-16-13-7-10-18-14-6-4-3-5-12(13)14/h3-6,13,16-17H,7-11H2,1-2H3. The molecule has 0 bridgehead atoms. The van der Waals surface area contributed by atoms with Gasteiger partial charge in [0.15, 0.2) is 0 Å². The summed E-state index contributed by atoms with van der Waals surface area (Å²) in [6.07, 6.45) is 2.04. The third kappa shape index (κ3) is 3.50. The summed E-state index contributed by atoms with van der Waals surface area (Å²) in [5.41, 5.74) is 1.60. The summed E-state index contributed by atoms with van der Waals surface area (Å²) in [5.74, 6) is 1.19. The van der Waals surface area contributed by atoms with Crippen LogP contribution in [-0.2, 0) is 0 Å². The summed E-state index contributed by atoms with van der Waals surface area (Å²) < 4.78 is 0. The van der Waals surface area contributed by atoms with Crippen molar-refractivity contribution in [3.8, 4) is 0 Å². The van der Waals surface area contributed by atoms with Gasteiger partial charge in [-0.05, 0) is 35.6 Å². The Kier molecular flexibility index (Phi) is 4.71. The highest BCUT2D eigenvalue weighted by molar-refractivity contribution is 7.99. The van der Waals surface area contributed by atoms with Gasteiger partial charge in [-0.1, -0.05) is 32.0 Å². The molecule has 18 heavy (non-hydrogen) atoms. The lowest BCUT2D eigenvalue weighted by molar-refractivity contribution is 0.202. The molecule has 0 aliphatic carbocycles. The Balaban J connectivity index is 1.99. The summed E-state index contributed by atoms with van der Waals surface area (Å²) in [7, 11) is 0. The van der Waals surface area contributed by atoms with E-state index in [4.69, 9.17) is 5.11 Å². The lowest BCUT2D eigenvalue weighted by atomic mass is 9.89. The van der Waals surface area contributed by atoms with E-state index in [-0.39, 0.29) is 12.0 Å². The van der Waals surface area contributed by atoms with Crippen LogP contribution in [0.4, 0.5) is 0 Å². The van der Waals surface area contributed by atoms with Gasteiger partial charge in [0.2, 0.25) is 0 Å². The van der Waals surface area contributed by atoms with Crippen LogP contribution in [0.1, 0.15) is 38.3 Å². The van der Waals surface area contributed by atoms with Crippen molar-refractivity contribution in [3.63, 3.8) is 0 Å². The zero-order chi connectivity index (χ0) is 13.0. The molecular formula is C15H23NOS. The van der Waals surface area contributed by atoms with E-state index >= 15 is 0 Å². The van der Waals surface area contributed by atoms with Gasteiger partial charge in [0, 0.05) is 24.1 Å². The summed E-state index contributed by atoms with van der Waals surface area (Å²) in [6, 6.07) is 9.16. The second-order valence-electron chi connectivity index (χ2n) is 5.75. The number of benzene rings is 1. The average molecular weight is 265 g/mol. The van der Waals surface area contributed by atoms with E-state index in [0.717, 1.165) is 13.0 Å². The molecule has 0 saturated carbocycles. The number of fused-ring (bicyclic) bond motifs is 1. The molecule has 0 saturated heterocycles. The average Bonchev–Trinajstić information content (AvgIpc) is 2.36. The number of aliphatic hydroxyl groups excluding tert-OH is 1. The molecule has 2 nitrogen and oxygen atoms in total. The van der Waals surface area contributed by atoms with Crippen molar-refractivity contribution in [3.05, 3.63) is 29.8 Å². The van der Waals surface area contributed by atoms with Crippen molar-refractivity contribution >= 4 is 11.8 Å². The first kappa shape index (κ1) is 13.9. The van der Waals surface area contributed by atoms with Crippen LogP contribution in [0.5, 0.6) is 0 Å². The number of rotatable bonds is 5. The van der Waals surface area contributed by atoms with Crippen LogP contribution in [0, 0.1) is 5.41 Å². The van der Waals surface area contributed by atoms with Crippen molar-refractivity contribution in [1.29, 1.82) is 0 Å². The van der Waals surface area contributed by atoms with E-state index in [1.165, 1.54) is 22.6 Å². The topological polar surface area (TPSA) is 32.3 Å². The highest BCUT2D eigenvalue weighted by Gasteiger charge is 2.23. The molecule has 0 amide bonds. The minimum absolute atomic E-state index is 0.161. The maximum atomic E-state index is 9.07. The summed E-state index contributed by atoms with van der Waals surface area (Å²) >= 11 is 1.96. The molecule has 1 aliphatic heterocycles. The van der Waals surface area contributed by atoms with Crippen LogP contribution in [0.3, 0.4) is 0 Å². The monoisotopic (exact) mass is 265 g/mol. The van der Waals surface area contributed by atoms with Crippen molar-refractivity contribution < 1.29 is 5.11 Å². The maximum Gasteiger partial charge on any atom is 0.0436 e. The normalized spacial score (nSPS) is 19.6. The number of hydrogen-bond acceptors (Lipinski definition) is 3. The maximum absolute atomic E-state index is 9.07. The van der Waals surface area contributed by atoms with Crippen LogP contribution < -0.4 is 5.32 Å². The molecule has 2 rings (SSSR count). The Morgan fingerprint density at radius 2 is 2.17 bits per heavy atom. The number of nitrogens with one attached hydrogen (secondary N) is 1. The zero-order valence-corrected chi connectivity index (χ0v) is 12.1. The molecule has 1 aromatic carbocycles. The third-order valence-electron chi connectivity index (χ3n) is 3.57. The molecule has 1 atom stereocenters. The minimum atomic E-state index is 0.161. The summed E-state index contributed by atoms with van der Waals surface area (Å²) in [6.45, 7) is 5.64. The summed E-state index contributed by atoms with van der Waals surface area (Å²) in [5, 5.41) is 12.7. The molecule has 0 spiro atoms. The Morgan fingerprint density at radius 1 is 1.39 bits per heavy atom. The van der Waals surface area contributed by atoms with Crippen molar-refractivity contribution in [2.75, 3.05) is 18.9 Å². The minimum Gasteiger partial charge on any atom is -0.396 e. The second-order valence-corrected chi connectivity index (χ2v) is 6.88. The molecule has 100 valence electrons. The zero-order valence-electron chi connectivity index (χ0n) is 11.3. The van der Waals surface area contributed by atoms with Crippen LogP contribution >= 0.6 is 11.8 Å². The van der Waals surface area contributed by atoms with E-state index in [2.05, 4.69) is 43.4 Å². The quantitative estimate of drug-likeness (QED) is 0.857. The fourth-order valence-electron chi connectivity index (χ4n) is 2.34. The van der Waals surface area contributed by atoms with Gasteiger partial charge in [0.25, 0.3) is 0 Å². The van der Waals surface area contributed by atoms with Gasteiger partial charge < -0.3 is 10.4 Å². The molecule has 1 unspecified atom stereocenters. The predicted molar refractivity (Wildman–Crippen MR) is 78.0 cm³/mol. The van der Waals surface area contributed by atoms with Crippen LogP contribution in [0.15, 0.2) is 29.2 Å². The van der Waals surface area contributed by atoms with E-state index in [9.17, 15) is 0 Å². The third-order valence-corrected chi connectivity index (χ3v) is 4.70. The van der Waals surface area contributed by atoms with Crippen LogP contribution in [-0.4, -0.2) is 24.0 Å². The van der Waals surface area contributed by atoms with Gasteiger partial charge in [-0.2, -0.15) is 0 Å². The molecule has 1 aliphatic rings. The lowest BCUT2D eigenvalue weighted by Crippen LogP contribution is -2.34. The van der Waals surface area contributed by atoms with Gasteiger partial charge in [-0.15, -0.1) is 11.8 Å². The van der Waals surface area contributed by atoms with Gasteiger partial charge in [0.1, 0.15) is 0 Å². The lowest BCUT2D eigenvalue weighted by Gasteiger charge is -2.31. The van der Waals surface area contributed by atoms with Gasteiger partial charge in [-0.25, -0.2) is 0 Å². The van der Waals surface area contributed by atoms with Crippen molar-refractivity contribution in [2.45, 2.75) is 37.6 Å². The highest BCUT2D eigenvalue weighted by atomic mass is 32.2.